The lowest BCUT2D eigenvalue weighted by atomic mass is 10.2. The van der Waals surface area contributed by atoms with Crippen LogP contribution >= 0.6 is 15.9 Å². The summed E-state index contributed by atoms with van der Waals surface area (Å²) < 4.78 is 35.3. The molecule has 11 heteroatoms. The molecule has 30 heavy (non-hydrogen) atoms. The molecule has 0 spiro atoms. The van der Waals surface area contributed by atoms with Gasteiger partial charge in [-0.3, -0.25) is 9.36 Å². The zero-order valence-electron chi connectivity index (χ0n) is 15.5. The fourth-order valence-electron chi connectivity index (χ4n) is 2.88. The lowest BCUT2D eigenvalue weighted by Crippen LogP contribution is -2.20. The van der Waals surface area contributed by atoms with E-state index >= 15 is 0 Å². The topological polar surface area (TPSA) is 116 Å². The van der Waals surface area contributed by atoms with Gasteiger partial charge in [-0.25, -0.2) is 28.1 Å². The van der Waals surface area contributed by atoms with Crippen LogP contribution in [0, 0.1) is 0 Å². The highest BCUT2D eigenvalue weighted by molar-refractivity contribution is 9.10. The zero-order chi connectivity index (χ0) is 21.3. The molecule has 0 aliphatic heterocycles. The first-order valence-electron chi connectivity index (χ1n) is 8.54. The van der Waals surface area contributed by atoms with E-state index in [2.05, 4.69) is 35.6 Å². The fraction of sp³-hybridized carbons (Fsp3) is 0.0526. The maximum absolute atomic E-state index is 12.7. The molecule has 0 bridgehead atoms. The first-order chi connectivity index (χ1) is 14.4. The minimum Gasteiger partial charge on any atom is -0.495 e. The Morgan fingerprint density at radius 1 is 1.07 bits per heavy atom. The van der Waals surface area contributed by atoms with Gasteiger partial charge in [-0.1, -0.05) is 15.9 Å². The third kappa shape index (κ3) is 3.76. The molecule has 4 aromatic rings. The van der Waals surface area contributed by atoms with Gasteiger partial charge in [-0.05, 0) is 42.5 Å². The van der Waals surface area contributed by atoms with Crippen molar-refractivity contribution in [2.45, 2.75) is 4.90 Å². The standard InChI is InChI=1S/C19H14BrN5O4S/c1-29-17-9-12(20)3-5-16(17)25-15-6-4-13(10-14(15)23-11-18(25)26)30(27,28)24-19-21-7-2-8-22-19/h2-11H,1H3,(H,21,22,24). The first-order valence-corrected chi connectivity index (χ1v) is 10.8. The summed E-state index contributed by atoms with van der Waals surface area (Å²) in [5.74, 6) is 0.425. The summed E-state index contributed by atoms with van der Waals surface area (Å²) in [5.41, 5.74) is 0.869. The molecule has 0 fully saturated rings. The normalized spacial score (nSPS) is 11.4. The number of aromatic nitrogens is 4. The maximum atomic E-state index is 12.7. The van der Waals surface area contributed by atoms with Gasteiger partial charge < -0.3 is 4.74 Å². The van der Waals surface area contributed by atoms with Crippen LogP contribution < -0.4 is 15.0 Å². The second-order valence-corrected chi connectivity index (χ2v) is 8.67. The summed E-state index contributed by atoms with van der Waals surface area (Å²) in [5, 5.41) is 0. The van der Waals surface area contributed by atoms with Gasteiger partial charge in [0.05, 0.1) is 34.9 Å². The fourth-order valence-corrected chi connectivity index (χ4v) is 4.20. The number of nitrogens with one attached hydrogen (secondary N) is 1. The second kappa shape index (κ2) is 7.84. The monoisotopic (exact) mass is 487 g/mol. The van der Waals surface area contributed by atoms with Crippen molar-refractivity contribution in [3.63, 3.8) is 0 Å². The summed E-state index contributed by atoms with van der Waals surface area (Å²) in [7, 11) is -2.44. The Hall–Kier alpha value is -3.31. The lowest BCUT2D eigenvalue weighted by Gasteiger charge is -2.14. The quantitative estimate of drug-likeness (QED) is 0.459. The SMILES string of the molecule is COc1cc(Br)ccc1-n1c(=O)cnc2cc(S(=O)(=O)Nc3ncccn3)ccc21. The van der Waals surface area contributed by atoms with Crippen molar-refractivity contribution in [1.29, 1.82) is 0 Å². The third-order valence-corrected chi connectivity index (χ3v) is 6.03. The lowest BCUT2D eigenvalue weighted by molar-refractivity contribution is 0.412. The minimum atomic E-state index is -3.94. The van der Waals surface area contributed by atoms with Gasteiger partial charge in [-0.15, -0.1) is 0 Å². The van der Waals surface area contributed by atoms with Crippen molar-refractivity contribution in [2.75, 3.05) is 11.8 Å². The van der Waals surface area contributed by atoms with Crippen LogP contribution in [-0.2, 0) is 10.0 Å². The third-order valence-electron chi connectivity index (χ3n) is 4.21. The average Bonchev–Trinajstić information content (AvgIpc) is 2.74. The van der Waals surface area contributed by atoms with E-state index in [0.717, 1.165) is 10.7 Å². The summed E-state index contributed by atoms with van der Waals surface area (Å²) in [6.45, 7) is 0. The van der Waals surface area contributed by atoms with Crippen LogP contribution in [0.5, 0.6) is 5.75 Å². The number of hydrogen-bond acceptors (Lipinski definition) is 7. The number of rotatable bonds is 5. The molecule has 4 rings (SSSR count). The Balaban J connectivity index is 1.85. The molecule has 1 N–H and O–H groups in total. The highest BCUT2D eigenvalue weighted by Crippen LogP contribution is 2.28. The van der Waals surface area contributed by atoms with E-state index in [1.807, 2.05) is 0 Å². The summed E-state index contributed by atoms with van der Waals surface area (Å²) in [6, 6.07) is 11.1. The van der Waals surface area contributed by atoms with Crippen molar-refractivity contribution in [3.8, 4) is 11.4 Å². The van der Waals surface area contributed by atoms with E-state index < -0.39 is 10.0 Å². The summed E-state index contributed by atoms with van der Waals surface area (Å²) in [6.07, 6.45) is 3.99. The first kappa shape index (κ1) is 20.0. The highest BCUT2D eigenvalue weighted by Gasteiger charge is 2.18. The summed E-state index contributed by atoms with van der Waals surface area (Å²) >= 11 is 3.37. The van der Waals surface area contributed by atoms with Crippen LogP contribution in [-0.4, -0.2) is 35.0 Å². The van der Waals surface area contributed by atoms with Gasteiger partial charge in [0.1, 0.15) is 5.75 Å². The Labute approximate surface area is 179 Å². The number of hydrogen-bond donors (Lipinski definition) is 1. The number of halogens is 1. The molecule has 2 aromatic carbocycles. The van der Waals surface area contributed by atoms with E-state index in [1.54, 1.807) is 24.3 Å². The van der Waals surface area contributed by atoms with Crippen molar-refractivity contribution >= 4 is 42.9 Å². The molecule has 0 atom stereocenters. The van der Waals surface area contributed by atoms with Gasteiger partial charge in [0.2, 0.25) is 5.95 Å². The number of methoxy groups -OCH3 is 1. The number of anilines is 1. The molecular weight excluding hydrogens is 474 g/mol. The van der Waals surface area contributed by atoms with Crippen LogP contribution in [0.1, 0.15) is 0 Å². The smallest absolute Gasteiger partial charge is 0.274 e. The second-order valence-electron chi connectivity index (χ2n) is 6.08. The van der Waals surface area contributed by atoms with Crippen LogP contribution in [0.3, 0.4) is 0 Å². The maximum Gasteiger partial charge on any atom is 0.274 e. The average molecular weight is 488 g/mol. The molecule has 0 radical (unpaired) electrons. The number of ether oxygens (including phenoxy) is 1. The Morgan fingerprint density at radius 3 is 2.57 bits per heavy atom. The molecule has 9 nitrogen and oxygen atoms in total. The minimum absolute atomic E-state index is 0.0390. The number of benzene rings is 2. The molecule has 0 saturated carbocycles. The number of fused-ring (bicyclic) bond motifs is 1. The molecule has 0 unspecified atom stereocenters. The van der Waals surface area contributed by atoms with Crippen LogP contribution in [0.15, 0.2) is 75.2 Å². The van der Waals surface area contributed by atoms with Crippen molar-refractivity contribution < 1.29 is 13.2 Å². The molecule has 2 aromatic heterocycles. The molecule has 0 saturated heterocycles. The van der Waals surface area contributed by atoms with Crippen LogP contribution in [0.25, 0.3) is 16.7 Å². The van der Waals surface area contributed by atoms with E-state index in [4.69, 9.17) is 4.74 Å². The molecule has 0 aliphatic rings. The molecule has 152 valence electrons. The van der Waals surface area contributed by atoms with Gasteiger partial charge >= 0.3 is 0 Å². The van der Waals surface area contributed by atoms with Crippen LogP contribution in [0.4, 0.5) is 5.95 Å². The Morgan fingerprint density at radius 2 is 1.83 bits per heavy atom. The van der Waals surface area contributed by atoms with Crippen molar-refractivity contribution in [1.82, 2.24) is 19.5 Å². The molecular formula is C19H14BrN5O4S. The molecule has 0 aliphatic carbocycles. The largest absolute Gasteiger partial charge is 0.495 e. The van der Waals surface area contributed by atoms with E-state index in [9.17, 15) is 13.2 Å². The molecule has 0 amide bonds. The van der Waals surface area contributed by atoms with Gasteiger partial charge in [0, 0.05) is 16.9 Å². The van der Waals surface area contributed by atoms with Crippen LogP contribution in [0.2, 0.25) is 0 Å². The van der Waals surface area contributed by atoms with Crippen molar-refractivity contribution in [3.05, 3.63) is 75.9 Å². The van der Waals surface area contributed by atoms with E-state index in [-0.39, 0.29) is 16.4 Å². The predicted octanol–water partition coefficient (Wildman–Crippen LogP) is 2.75. The zero-order valence-corrected chi connectivity index (χ0v) is 17.9. The Kier molecular flexibility index (Phi) is 5.22. The highest BCUT2D eigenvalue weighted by atomic mass is 79.9. The van der Waals surface area contributed by atoms with Gasteiger partial charge in [-0.2, -0.15) is 0 Å². The van der Waals surface area contributed by atoms with Gasteiger partial charge in [0.25, 0.3) is 15.6 Å². The predicted molar refractivity (Wildman–Crippen MR) is 114 cm³/mol. The van der Waals surface area contributed by atoms with E-state index in [1.165, 1.54) is 42.3 Å². The number of sulfonamides is 1. The number of nitrogens with zero attached hydrogens (tertiary/aromatic N) is 4. The van der Waals surface area contributed by atoms with Crippen molar-refractivity contribution in [2.24, 2.45) is 0 Å². The van der Waals surface area contributed by atoms with E-state index in [0.29, 0.717) is 22.5 Å². The Bertz CT molecular complexity index is 1410. The summed E-state index contributed by atoms with van der Waals surface area (Å²) in [4.78, 5) is 24.4. The van der Waals surface area contributed by atoms with Gasteiger partial charge in [0.15, 0.2) is 0 Å². The molecule has 2 heterocycles.